The van der Waals surface area contributed by atoms with Crippen molar-refractivity contribution in [3.8, 4) is 5.75 Å². The third-order valence-corrected chi connectivity index (χ3v) is 2.84. The molecule has 0 fully saturated rings. The third-order valence-electron chi connectivity index (χ3n) is 1.75. The molecule has 3 nitrogen and oxygen atoms in total. The maximum Gasteiger partial charge on any atom is 0.345 e. The van der Waals surface area contributed by atoms with Crippen molar-refractivity contribution in [2.75, 3.05) is 0 Å². The molecule has 0 aliphatic rings. The summed E-state index contributed by atoms with van der Waals surface area (Å²) < 4.78 is 0.789. The van der Waals surface area contributed by atoms with Gasteiger partial charge in [0.2, 0.25) is 0 Å². The van der Waals surface area contributed by atoms with Gasteiger partial charge in [0.1, 0.15) is 10.6 Å². The SMILES string of the molecule is O=C(O)c1cc2c(O)cccc2s1. The van der Waals surface area contributed by atoms with E-state index >= 15 is 0 Å². The minimum absolute atomic E-state index is 0.126. The molecule has 2 N–H and O–H groups in total. The Balaban J connectivity index is 2.75. The van der Waals surface area contributed by atoms with E-state index in [1.165, 1.54) is 6.07 Å². The Hall–Kier alpha value is -1.55. The summed E-state index contributed by atoms with van der Waals surface area (Å²) in [5, 5.41) is 18.7. The summed E-state index contributed by atoms with van der Waals surface area (Å²) in [5.74, 6) is -0.832. The summed E-state index contributed by atoms with van der Waals surface area (Å²) in [6, 6.07) is 6.50. The largest absolute Gasteiger partial charge is 0.507 e. The van der Waals surface area contributed by atoms with Crippen LogP contribution in [0.5, 0.6) is 5.75 Å². The molecule has 0 radical (unpaired) electrons. The smallest absolute Gasteiger partial charge is 0.345 e. The molecule has 13 heavy (non-hydrogen) atoms. The first-order chi connectivity index (χ1) is 6.18. The molecule has 1 aromatic heterocycles. The van der Waals surface area contributed by atoms with E-state index in [1.807, 2.05) is 0 Å². The van der Waals surface area contributed by atoms with Crippen LogP contribution in [0.15, 0.2) is 24.3 Å². The molecule has 66 valence electrons. The average molecular weight is 194 g/mol. The Bertz CT molecular complexity index is 473. The standard InChI is InChI=1S/C9H6O3S/c10-6-2-1-3-7-5(6)4-8(13-7)9(11)12/h1-4,10H,(H,11,12). The van der Waals surface area contributed by atoms with Gasteiger partial charge in [0.05, 0.1) is 0 Å². The number of aromatic hydroxyl groups is 1. The number of benzene rings is 1. The summed E-state index contributed by atoms with van der Waals surface area (Å²) >= 11 is 1.16. The number of fused-ring (bicyclic) bond motifs is 1. The van der Waals surface area contributed by atoms with Gasteiger partial charge in [-0.2, -0.15) is 0 Å². The van der Waals surface area contributed by atoms with Gasteiger partial charge >= 0.3 is 5.97 Å². The normalized spacial score (nSPS) is 10.5. The molecule has 0 atom stereocenters. The number of carboxylic acids is 1. The molecule has 0 unspecified atom stereocenters. The number of hydrogen-bond donors (Lipinski definition) is 2. The van der Waals surface area contributed by atoms with Crippen LogP contribution in [0, 0.1) is 0 Å². The van der Waals surface area contributed by atoms with Gasteiger partial charge < -0.3 is 10.2 Å². The first-order valence-corrected chi connectivity index (χ1v) is 4.45. The van der Waals surface area contributed by atoms with Gasteiger partial charge in [-0.05, 0) is 18.2 Å². The number of carboxylic acid groups (broad SMARTS) is 1. The fourth-order valence-corrected chi connectivity index (χ4v) is 2.07. The molecule has 0 saturated carbocycles. The minimum atomic E-state index is -0.958. The van der Waals surface area contributed by atoms with Crippen molar-refractivity contribution >= 4 is 27.4 Å². The van der Waals surface area contributed by atoms with Crippen LogP contribution < -0.4 is 0 Å². The van der Waals surface area contributed by atoms with E-state index in [-0.39, 0.29) is 10.6 Å². The molecule has 1 aromatic carbocycles. The first-order valence-electron chi connectivity index (χ1n) is 3.63. The highest BCUT2D eigenvalue weighted by Gasteiger charge is 2.09. The van der Waals surface area contributed by atoms with Gasteiger partial charge in [-0.15, -0.1) is 11.3 Å². The predicted molar refractivity (Wildman–Crippen MR) is 50.4 cm³/mol. The van der Waals surface area contributed by atoms with Crippen molar-refractivity contribution < 1.29 is 15.0 Å². The van der Waals surface area contributed by atoms with E-state index in [4.69, 9.17) is 5.11 Å². The molecule has 0 spiro atoms. The molecular formula is C9H6O3S. The maximum absolute atomic E-state index is 10.6. The van der Waals surface area contributed by atoms with Crippen molar-refractivity contribution in [1.29, 1.82) is 0 Å². The molecule has 4 heteroatoms. The molecule has 1 heterocycles. The number of hydrogen-bond acceptors (Lipinski definition) is 3. The van der Waals surface area contributed by atoms with Crippen LogP contribution in [-0.4, -0.2) is 16.2 Å². The van der Waals surface area contributed by atoms with E-state index in [0.29, 0.717) is 5.39 Å². The third kappa shape index (κ3) is 1.25. The zero-order valence-electron chi connectivity index (χ0n) is 6.52. The van der Waals surface area contributed by atoms with Crippen LogP contribution in [0.3, 0.4) is 0 Å². The lowest BCUT2D eigenvalue weighted by Gasteiger charge is -1.90. The molecule has 2 rings (SSSR count). The molecule has 0 aliphatic carbocycles. The highest BCUT2D eigenvalue weighted by atomic mass is 32.1. The second-order valence-corrected chi connectivity index (χ2v) is 3.69. The van der Waals surface area contributed by atoms with Crippen LogP contribution >= 0.6 is 11.3 Å². The van der Waals surface area contributed by atoms with Crippen molar-refractivity contribution in [3.05, 3.63) is 29.1 Å². The average Bonchev–Trinajstić information content (AvgIpc) is 2.49. The summed E-state index contributed by atoms with van der Waals surface area (Å²) in [6.07, 6.45) is 0. The Morgan fingerprint density at radius 3 is 2.77 bits per heavy atom. The second-order valence-electron chi connectivity index (χ2n) is 2.60. The van der Waals surface area contributed by atoms with Crippen LogP contribution in [0.2, 0.25) is 0 Å². The van der Waals surface area contributed by atoms with E-state index in [1.54, 1.807) is 18.2 Å². The molecule has 0 aliphatic heterocycles. The highest BCUT2D eigenvalue weighted by Crippen LogP contribution is 2.31. The second kappa shape index (κ2) is 2.74. The Morgan fingerprint density at radius 2 is 2.15 bits per heavy atom. The predicted octanol–water partition coefficient (Wildman–Crippen LogP) is 2.31. The van der Waals surface area contributed by atoms with E-state index in [9.17, 15) is 9.90 Å². The lowest BCUT2D eigenvalue weighted by Crippen LogP contribution is -1.89. The topological polar surface area (TPSA) is 57.5 Å². The lowest BCUT2D eigenvalue weighted by molar-refractivity contribution is 0.0702. The zero-order valence-corrected chi connectivity index (χ0v) is 7.34. The Morgan fingerprint density at radius 1 is 1.38 bits per heavy atom. The number of phenolic OH excluding ortho intramolecular Hbond substituents is 1. The van der Waals surface area contributed by atoms with Crippen molar-refractivity contribution in [3.63, 3.8) is 0 Å². The van der Waals surface area contributed by atoms with Crippen molar-refractivity contribution in [2.45, 2.75) is 0 Å². The van der Waals surface area contributed by atoms with Gasteiger partial charge in [0.25, 0.3) is 0 Å². The zero-order chi connectivity index (χ0) is 9.42. The fraction of sp³-hybridized carbons (Fsp3) is 0. The van der Waals surface area contributed by atoms with Gasteiger partial charge in [0, 0.05) is 10.1 Å². The number of thiophene rings is 1. The minimum Gasteiger partial charge on any atom is -0.507 e. The van der Waals surface area contributed by atoms with Gasteiger partial charge in [-0.3, -0.25) is 0 Å². The quantitative estimate of drug-likeness (QED) is 0.732. The summed E-state index contributed by atoms with van der Waals surface area (Å²) in [4.78, 5) is 10.9. The van der Waals surface area contributed by atoms with Crippen LogP contribution in [0.25, 0.3) is 10.1 Å². The molecule has 0 bridgehead atoms. The molecule has 2 aromatic rings. The van der Waals surface area contributed by atoms with Crippen LogP contribution in [-0.2, 0) is 0 Å². The van der Waals surface area contributed by atoms with Crippen molar-refractivity contribution in [1.82, 2.24) is 0 Å². The molecule has 0 saturated heterocycles. The number of rotatable bonds is 1. The van der Waals surface area contributed by atoms with E-state index < -0.39 is 5.97 Å². The number of aromatic carboxylic acids is 1. The van der Waals surface area contributed by atoms with Crippen LogP contribution in [0.4, 0.5) is 0 Å². The highest BCUT2D eigenvalue weighted by molar-refractivity contribution is 7.20. The first kappa shape index (κ1) is 8.07. The number of phenols is 1. The molecular weight excluding hydrogens is 188 g/mol. The van der Waals surface area contributed by atoms with E-state index in [0.717, 1.165) is 16.0 Å². The van der Waals surface area contributed by atoms with Gasteiger partial charge in [-0.25, -0.2) is 4.79 Å². The fourth-order valence-electron chi connectivity index (χ4n) is 1.15. The monoisotopic (exact) mass is 194 g/mol. The Labute approximate surface area is 77.9 Å². The maximum atomic E-state index is 10.6. The van der Waals surface area contributed by atoms with E-state index in [2.05, 4.69) is 0 Å². The summed E-state index contributed by atoms with van der Waals surface area (Å²) in [6.45, 7) is 0. The van der Waals surface area contributed by atoms with Crippen LogP contribution in [0.1, 0.15) is 9.67 Å². The summed E-state index contributed by atoms with van der Waals surface area (Å²) in [5.41, 5.74) is 0. The lowest BCUT2D eigenvalue weighted by atomic mass is 10.2. The number of carbonyl (C=O) groups is 1. The summed E-state index contributed by atoms with van der Waals surface area (Å²) in [7, 11) is 0. The van der Waals surface area contributed by atoms with Crippen molar-refractivity contribution in [2.24, 2.45) is 0 Å². The molecule has 0 amide bonds. The van der Waals surface area contributed by atoms with Gasteiger partial charge in [0.15, 0.2) is 0 Å². The Kier molecular flexibility index (Phi) is 1.70. The van der Waals surface area contributed by atoms with Gasteiger partial charge in [-0.1, -0.05) is 6.07 Å².